The van der Waals surface area contributed by atoms with Crippen LogP contribution in [0.5, 0.6) is 0 Å². The summed E-state index contributed by atoms with van der Waals surface area (Å²) in [6, 6.07) is 9.81. The van der Waals surface area contributed by atoms with E-state index in [1.165, 1.54) is 24.2 Å². The maximum Gasteiger partial charge on any atom is 0.224 e. The van der Waals surface area contributed by atoms with E-state index in [9.17, 15) is 4.79 Å². The van der Waals surface area contributed by atoms with E-state index in [2.05, 4.69) is 21.9 Å². The largest absolute Gasteiger partial charge is 0.349 e. The number of carbonyl (C=O) groups is 1. The third kappa shape index (κ3) is 3.15. The molecule has 0 aliphatic heterocycles. The third-order valence-corrected chi connectivity index (χ3v) is 4.12. The molecule has 4 nitrogen and oxygen atoms in total. The SMILES string of the molecule is Cn1c(CNC(=O)Cc2ccccc2)nc2c1CCCC2. The standard InChI is InChI=1S/C17H21N3O/c1-20-15-10-6-5-9-14(15)19-16(20)12-18-17(21)11-13-7-3-2-4-8-13/h2-4,7-8H,5-6,9-12H2,1H3,(H,18,21). The molecule has 0 saturated carbocycles. The number of fused-ring (bicyclic) bond motifs is 1. The summed E-state index contributed by atoms with van der Waals surface area (Å²) in [6.45, 7) is 0.509. The fourth-order valence-electron chi connectivity index (χ4n) is 2.92. The lowest BCUT2D eigenvalue weighted by molar-refractivity contribution is -0.120. The molecule has 21 heavy (non-hydrogen) atoms. The van der Waals surface area contributed by atoms with Crippen LogP contribution in [-0.4, -0.2) is 15.5 Å². The van der Waals surface area contributed by atoms with Gasteiger partial charge in [0.15, 0.2) is 0 Å². The first-order valence-corrected chi connectivity index (χ1v) is 7.58. The van der Waals surface area contributed by atoms with Crippen LogP contribution in [0, 0.1) is 0 Å². The number of hydrogen-bond donors (Lipinski definition) is 1. The van der Waals surface area contributed by atoms with E-state index < -0.39 is 0 Å². The zero-order valence-corrected chi connectivity index (χ0v) is 12.4. The molecule has 0 spiro atoms. The Kier molecular flexibility index (Phi) is 4.04. The van der Waals surface area contributed by atoms with Crippen LogP contribution in [0.3, 0.4) is 0 Å². The topological polar surface area (TPSA) is 46.9 Å². The fourth-order valence-corrected chi connectivity index (χ4v) is 2.92. The summed E-state index contributed by atoms with van der Waals surface area (Å²) in [7, 11) is 2.05. The second kappa shape index (κ2) is 6.12. The summed E-state index contributed by atoms with van der Waals surface area (Å²) < 4.78 is 2.15. The Morgan fingerprint density at radius 2 is 2.00 bits per heavy atom. The minimum atomic E-state index is 0.0437. The molecule has 1 heterocycles. The summed E-state index contributed by atoms with van der Waals surface area (Å²) in [5.74, 6) is 1.01. The molecule has 0 saturated heterocycles. The van der Waals surface area contributed by atoms with Crippen LogP contribution in [0.15, 0.2) is 30.3 Å². The number of hydrogen-bond acceptors (Lipinski definition) is 2. The van der Waals surface area contributed by atoms with Gasteiger partial charge in [0.1, 0.15) is 5.82 Å². The summed E-state index contributed by atoms with van der Waals surface area (Å²) in [5.41, 5.74) is 3.60. The number of rotatable bonds is 4. The smallest absolute Gasteiger partial charge is 0.224 e. The molecule has 0 atom stereocenters. The van der Waals surface area contributed by atoms with Gasteiger partial charge in [-0.3, -0.25) is 4.79 Å². The highest BCUT2D eigenvalue weighted by atomic mass is 16.1. The van der Waals surface area contributed by atoms with Gasteiger partial charge in [-0.1, -0.05) is 30.3 Å². The zero-order valence-electron chi connectivity index (χ0n) is 12.4. The van der Waals surface area contributed by atoms with Crippen LogP contribution in [0.2, 0.25) is 0 Å². The summed E-state index contributed by atoms with van der Waals surface area (Å²) >= 11 is 0. The van der Waals surface area contributed by atoms with Crippen LogP contribution in [0.1, 0.15) is 35.6 Å². The number of aromatic nitrogens is 2. The number of nitrogens with zero attached hydrogens (tertiary/aromatic N) is 2. The summed E-state index contributed by atoms with van der Waals surface area (Å²) in [6.07, 6.45) is 5.07. The number of aryl methyl sites for hydroxylation is 1. The van der Waals surface area contributed by atoms with Crippen molar-refractivity contribution in [3.05, 3.63) is 53.1 Å². The molecule has 4 heteroatoms. The van der Waals surface area contributed by atoms with E-state index in [0.29, 0.717) is 13.0 Å². The second-order valence-corrected chi connectivity index (χ2v) is 5.63. The number of nitrogens with one attached hydrogen (secondary N) is 1. The van der Waals surface area contributed by atoms with Crippen LogP contribution in [0.4, 0.5) is 0 Å². The number of benzene rings is 1. The molecule has 1 aliphatic rings. The molecule has 110 valence electrons. The van der Waals surface area contributed by atoms with Crippen molar-refractivity contribution in [2.45, 2.75) is 38.6 Å². The average Bonchev–Trinajstić information content (AvgIpc) is 2.83. The third-order valence-electron chi connectivity index (χ3n) is 4.12. The minimum Gasteiger partial charge on any atom is -0.349 e. The lowest BCUT2D eigenvalue weighted by Crippen LogP contribution is -2.26. The highest BCUT2D eigenvalue weighted by Crippen LogP contribution is 2.21. The monoisotopic (exact) mass is 283 g/mol. The lowest BCUT2D eigenvalue weighted by Gasteiger charge is -2.11. The van der Waals surface area contributed by atoms with Gasteiger partial charge in [-0.2, -0.15) is 0 Å². The average molecular weight is 283 g/mol. The van der Waals surface area contributed by atoms with Gasteiger partial charge in [0.2, 0.25) is 5.91 Å². The first-order chi connectivity index (χ1) is 10.2. The van der Waals surface area contributed by atoms with E-state index in [-0.39, 0.29) is 5.91 Å². The molecule has 0 fully saturated rings. The van der Waals surface area contributed by atoms with Crippen molar-refractivity contribution in [3.8, 4) is 0 Å². The molecule has 1 aliphatic carbocycles. The summed E-state index contributed by atoms with van der Waals surface area (Å²) in [5, 5.41) is 2.98. The van der Waals surface area contributed by atoms with Gasteiger partial charge in [0.05, 0.1) is 18.7 Å². The Hall–Kier alpha value is -2.10. The highest BCUT2D eigenvalue weighted by molar-refractivity contribution is 5.78. The van der Waals surface area contributed by atoms with Gasteiger partial charge in [0.25, 0.3) is 0 Å². The van der Waals surface area contributed by atoms with Crippen molar-refractivity contribution in [2.24, 2.45) is 7.05 Å². The van der Waals surface area contributed by atoms with E-state index in [0.717, 1.165) is 24.2 Å². The van der Waals surface area contributed by atoms with Gasteiger partial charge in [-0.05, 0) is 31.2 Å². The Labute approximate surface area is 125 Å². The zero-order chi connectivity index (χ0) is 14.7. The van der Waals surface area contributed by atoms with E-state index in [4.69, 9.17) is 0 Å². The van der Waals surface area contributed by atoms with E-state index >= 15 is 0 Å². The fraction of sp³-hybridized carbons (Fsp3) is 0.412. The number of carbonyl (C=O) groups excluding carboxylic acids is 1. The first kappa shape index (κ1) is 13.9. The molecule has 0 radical (unpaired) electrons. The number of imidazole rings is 1. The molecule has 0 unspecified atom stereocenters. The highest BCUT2D eigenvalue weighted by Gasteiger charge is 2.17. The van der Waals surface area contributed by atoms with Gasteiger partial charge in [0, 0.05) is 12.7 Å². The first-order valence-electron chi connectivity index (χ1n) is 7.58. The van der Waals surface area contributed by atoms with E-state index in [1.807, 2.05) is 30.3 Å². The van der Waals surface area contributed by atoms with Crippen molar-refractivity contribution in [3.63, 3.8) is 0 Å². The predicted octanol–water partition coefficient (Wildman–Crippen LogP) is 2.16. The Morgan fingerprint density at radius 1 is 1.24 bits per heavy atom. The van der Waals surface area contributed by atoms with Crippen LogP contribution >= 0.6 is 0 Å². The Morgan fingerprint density at radius 3 is 2.76 bits per heavy atom. The number of amides is 1. The quantitative estimate of drug-likeness (QED) is 0.934. The molecule has 2 aromatic rings. The van der Waals surface area contributed by atoms with Gasteiger partial charge in [-0.15, -0.1) is 0 Å². The van der Waals surface area contributed by atoms with E-state index in [1.54, 1.807) is 0 Å². The molecule has 3 rings (SSSR count). The van der Waals surface area contributed by atoms with Gasteiger partial charge < -0.3 is 9.88 Å². The molecule has 1 N–H and O–H groups in total. The Balaban J connectivity index is 1.60. The molecular weight excluding hydrogens is 262 g/mol. The van der Waals surface area contributed by atoms with Gasteiger partial charge in [-0.25, -0.2) is 4.98 Å². The van der Waals surface area contributed by atoms with Crippen molar-refractivity contribution >= 4 is 5.91 Å². The minimum absolute atomic E-state index is 0.0437. The van der Waals surface area contributed by atoms with Gasteiger partial charge >= 0.3 is 0 Å². The van der Waals surface area contributed by atoms with Crippen LogP contribution in [0.25, 0.3) is 0 Å². The van der Waals surface area contributed by atoms with Crippen molar-refractivity contribution in [1.29, 1.82) is 0 Å². The van der Waals surface area contributed by atoms with Crippen molar-refractivity contribution < 1.29 is 4.79 Å². The molecule has 1 amide bonds. The molecule has 0 bridgehead atoms. The summed E-state index contributed by atoms with van der Waals surface area (Å²) in [4.78, 5) is 16.7. The molecule has 1 aromatic carbocycles. The van der Waals surface area contributed by atoms with Crippen molar-refractivity contribution in [1.82, 2.24) is 14.9 Å². The maximum atomic E-state index is 12.0. The normalized spacial score (nSPS) is 13.8. The maximum absolute atomic E-state index is 12.0. The predicted molar refractivity (Wildman–Crippen MR) is 81.8 cm³/mol. The van der Waals surface area contributed by atoms with Crippen molar-refractivity contribution in [2.75, 3.05) is 0 Å². The van der Waals surface area contributed by atoms with Crippen LogP contribution < -0.4 is 5.32 Å². The molecule has 1 aromatic heterocycles. The molecular formula is C17H21N3O. The lowest BCUT2D eigenvalue weighted by atomic mass is 10.0. The van der Waals surface area contributed by atoms with Crippen LogP contribution in [-0.2, 0) is 37.6 Å². The second-order valence-electron chi connectivity index (χ2n) is 5.63. The Bertz CT molecular complexity index is 631.